The number of rotatable bonds is 6. The van der Waals surface area contributed by atoms with Crippen molar-refractivity contribution in [3.8, 4) is 0 Å². The zero-order valence-electron chi connectivity index (χ0n) is 18.5. The zero-order chi connectivity index (χ0) is 22.7. The van der Waals surface area contributed by atoms with E-state index in [2.05, 4.69) is 41.4 Å². The van der Waals surface area contributed by atoms with Gasteiger partial charge in [0.1, 0.15) is 17.5 Å². The molecule has 0 aliphatic carbocycles. The van der Waals surface area contributed by atoms with E-state index in [1.807, 2.05) is 65.4 Å². The minimum Gasteiger partial charge on any atom is -0.382 e. The molecule has 0 fully saturated rings. The summed E-state index contributed by atoms with van der Waals surface area (Å²) in [5, 5.41) is 11.0. The van der Waals surface area contributed by atoms with Gasteiger partial charge in [0, 0.05) is 50.3 Å². The van der Waals surface area contributed by atoms with Crippen molar-refractivity contribution in [1.29, 1.82) is 0 Å². The normalized spacial score (nSPS) is 12.1. The Hall–Kier alpha value is -2.58. The summed E-state index contributed by atoms with van der Waals surface area (Å²) in [5.41, 5.74) is 3.39. The van der Waals surface area contributed by atoms with E-state index in [4.69, 9.17) is 0 Å². The van der Waals surface area contributed by atoms with Crippen molar-refractivity contribution in [2.75, 3.05) is 0 Å². The monoisotopic (exact) mass is 661 g/mol. The molecule has 1 unspecified atom stereocenters. The Morgan fingerprint density at radius 2 is 1.21 bits per heavy atom. The molecule has 165 valence electrons. The van der Waals surface area contributed by atoms with Gasteiger partial charge in [0.25, 0.3) is 0 Å². The van der Waals surface area contributed by atoms with E-state index in [-0.39, 0.29) is 44.1 Å². The van der Waals surface area contributed by atoms with Gasteiger partial charge in [-0.1, -0.05) is 103 Å². The van der Waals surface area contributed by atoms with Crippen LogP contribution < -0.4 is 0 Å². The molecule has 34 heavy (non-hydrogen) atoms. The second kappa shape index (κ2) is 10.8. The first-order valence-electron chi connectivity index (χ1n) is 10.8. The van der Waals surface area contributed by atoms with Crippen molar-refractivity contribution in [1.82, 2.24) is 9.55 Å². The summed E-state index contributed by atoms with van der Waals surface area (Å²) in [6.07, 6.45) is 2.55. The molecule has 0 saturated carbocycles. The Kier molecular flexibility index (Phi) is 7.78. The molecule has 1 aromatic heterocycles. The molecule has 1 N–H and O–H groups in total. The number of hydrogen-bond acceptors (Lipinski definition) is 2. The van der Waals surface area contributed by atoms with E-state index in [9.17, 15) is 9.50 Å². The predicted octanol–water partition coefficient (Wildman–Crippen LogP) is 5.94. The number of aliphatic hydroxyl groups excluding tert-OH is 1. The number of aromatic nitrogens is 2. The SMILES string of the molecule is OC(c1cccc(F)c1)c1cn(C(c2ccccc2)(c2ccccc2)c2ccccc2)cn1.[Ac]. The minimum atomic E-state index is -1.04. The first kappa shape index (κ1) is 24.5. The number of benzene rings is 4. The topological polar surface area (TPSA) is 38.0 Å². The quantitative estimate of drug-likeness (QED) is 0.229. The third kappa shape index (κ3) is 4.53. The second-order valence-corrected chi connectivity index (χ2v) is 7.97. The van der Waals surface area contributed by atoms with E-state index in [1.165, 1.54) is 12.1 Å². The molecule has 0 aliphatic rings. The van der Waals surface area contributed by atoms with Gasteiger partial charge in [-0.15, -0.1) is 0 Å². The van der Waals surface area contributed by atoms with Crippen LogP contribution in [0.5, 0.6) is 0 Å². The zero-order valence-corrected chi connectivity index (χ0v) is 23.2. The van der Waals surface area contributed by atoms with Gasteiger partial charge in [0.2, 0.25) is 0 Å². The molecule has 5 heteroatoms. The van der Waals surface area contributed by atoms with Crippen LogP contribution in [0.3, 0.4) is 0 Å². The van der Waals surface area contributed by atoms with Gasteiger partial charge in [-0.05, 0) is 34.4 Å². The van der Waals surface area contributed by atoms with Crippen molar-refractivity contribution >= 4 is 0 Å². The van der Waals surface area contributed by atoms with E-state index in [1.54, 1.807) is 18.5 Å². The first-order chi connectivity index (χ1) is 16.2. The molecule has 1 atom stereocenters. The molecule has 0 amide bonds. The Balaban J connectivity index is 0.00000274. The summed E-state index contributed by atoms with van der Waals surface area (Å²) < 4.78 is 15.8. The van der Waals surface area contributed by atoms with Crippen LogP contribution in [0.4, 0.5) is 4.39 Å². The smallest absolute Gasteiger partial charge is 0.123 e. The van der Waals surface area contributed by atoms with Gasteiger partial charge in [-0.25, -0.2) is 9.37 Å². The maximum atomic E-state index is 13.8. The van der Waals surface area contributed by atoms with Crippen LogP contribution in [-0.2, 0) is 5.54 Å². The summed E-state index contributed by atoms with van der Waals surface area (Å²) >= 11 is 0. The third-order valence-electron chi connectivity index (χ3n) is 6.01. The Bertz CT molecular complexity index is 1240. The molecule has 4 aromatic carbocycles. The van der Waals surface area contributed by atoms with Gasteiger partial charge in [0.05, 0.1) is 12.0 Å². The maximum absolute atomic E-state index is 13.8. The van der Waals surface area contributed by atoms with Crippen molar-refractivity contribution in [3.63, 3.8) is 0 Å². The number of imidazole rings is 1. The second-order valence-electron chi connectivity index (χ2n) is 7.97. The van der Waals surface area contributed by atoms with Crippen LogP contribution in [-0.4, -0.2) is 14.7 Å². The van der Waals surface area contributed by atoms with Crippen LogP contribution in [0, 0.1) is 49.9 Å². The van der Waals surface area contributed by atoms with Crippen molar-refractivity contribution in [2.24, 2.45) is 0 Å². The molecule has 5 aromatic rings. The largest absolute Gasteiger partial charge is 0.382 e. The van der Waals surface area contributed by atoms with Crippen molar-refractivity contribution in [2.45, 2.75) is 11.6 Å². The van der Waals surface area contributed by atoms with Gasteiger partial charge in [-0.3, -0.25) is 0 Å². The predicted molar refractivity (Wildman–Crippen MR) is 127 cm³/mol. The fraction of sp³-hybridized carbons (Fsp3) is 0.0690. The van der Waals surface area contributed by atoms with Crippen molar-refractivity contribution < 1.29 is 53.6 Å². The number of nitrogens with zero attached hydrogens (tertiary/aromatic N) is 2. The van der Waals surface area contributed by atoms with Crippen LogP contribution in [0.2, 0.25) is 0 Å². The average Bonchev–Trinajstić information content (AvgIpc) is 3.37. The fourth-order valence-corrected chi connectivity index (χ4v) is 4.50. The van der Waals surface area contributed by atoms with Gasteiger partial charge in [0.15, 0.2) is 0 Å². The molecule has 0 saturated heterocycles. The Morgan fingerprint density at radius 1 is 0.706 bits per heavy atom. The standard InChI is InChI=1S/C29H23FN2O.Ac/c30-26-18-10-11-22(19-26)28(33)27-20-32(21-31-27)29(23-12-4-1-5-13-23,24-14-6-2-7-15-24)25-16-8-3-9-17-25;/h1-21,28,33H;. The Labute approximate surface area is 234 Å². The molecule has 5 rings (SSSR count). The molecule has 1 radical (unpaired) electrons. The molecule has 0 spiro atoms. The van der Waals surface area contributed by atoms with Gasteiger partial charge in [-0.2, -0.15) is 0 Å². The van der Waals surface area contributed by atoms with E-state index in [0.717, 1.165) is 16.7 Å². The summed E-state index contributed by atoms with van der Waals surface area (Å²) in [7, 11) is 0. The molecule has 3 nitrogen and oxygen atoms in total. The number of aliphatic hydroxyl groups is 1. The van der Waals surface area contributed by atoms with Crippen LogP contribution in [0.1, 0.15) is 34.1 Å². The summed E-state index contributed by atoms with van der Waals surface area (Å²) in [5.74, 6) is -0.391. The number of hydrogen-bond donors (Lipinski definition) is 1. The molecule has 1 heterocycles. The molecular weight excluding hydrogens is 638 g/mol. The molecular formula is C29H23AcFN2O. The van der Waals surface area contributed by atoms with E-state index in [0.29, 0.717) is 11.3 Å². The Morgan fingerprint density at radius 3 is 1.68 bits per heavy atom. The van der Waals surface area contributed by atoms with E-state index < -0.39 is 17.5 Å². The van der Waals surface area contributed by atoms with Crippen LogP contribution in [0.15, 0.2) is 128 Å². The summed E-state index contributed by atoms with van der Waals surface area (Å²) in [6, 6.07) is 36.7. The molecule has 0 bridgehead atoms. The fourth-order valence-electron chi connectivity index (χ4n) is 4.50. The van der Waals surface area contributed by atoms with Gasteiger partial charge < -0.3 is 9.67 Å². The van der Waals surface area contributed by atoms with Crippen LogP contribution >= 0.6 is 0 Å². The van der Waals surface area contributed by atoms with E-state index >= 15 is 0 Å². The minimum absolute atomic E-state index is 0. The molecule has 0 aliphatic heterocycles. The summed E-state index contributed by atoms with van der Waals surface area (Å²) in [4.78, 5) is 4.56. The van der Waals surface area contributed by atoms with Gasteiger partial charge >= 0.3 is 0 Å². The van der Waals surface area contributed by atoms with Crippen molar-refractivity contribution in [3.05, 3.63) is 162 Å². The summed E-state index contributed by atoms with van der Waals surface area (Å²) in [6.45, 7) is 0. The third-order valence-corrected chi connectivity index (χ3v) is 6.01. The van der Waals surface area contributed by atoms with Crippen LogP contribution in [0.25, 0.3) is 0 Å². The first-order valence-corrected chi connectivity index (χ1v) is 10.8. The maximum Gasteiger partial charge on any atom is 0.123 e. The average molecular weight is 662 g/mol. The number of halogens is 1.